The fourth-order valence-corrected chi connectivity index (χ4v) is 3.17. The smallest absolute Gasteiger partial charge is 0.416 e. The van der Waals surface area contributed by atoms with Crippen LogP contribution in [0.2, 0.25) is 0 Å². The summed E-state index contributed by atoms with van der Waals surface area (Å²) in [5.41, 5.74) is -2.21. The van der Waals surface area contributed by atoms with E-state index in [9.17, 15) is 26.4 Å². The number of carbonyl (C=O) groups is 1. The van der Waals surface area contributed by atoms with Crippen LogP contribution in [0, 0.1) is 0 Å². The Morgan fingerprint density at radius 1 is 1.22 bits per heavy atom. The van der Waals surface area contributed by atoms with Crippen molar-refractivity contribution in [3.05, 3.63) is 23.8 Å². The van der Waals surface area contributed by atoms with E-state index in [1.807, 2.05) is 4.72 Å². The lowest BCUT2D eigenvalue weighted by Crippen LogP contribution is -2.51. The van der Waals surface area contributed by atoms with Gasteiger partial charge in [-0.3, -0.25) is 0 Å². The quantitative estimate of drug-likeness (QED) is 0.756. The molecule has 1 atom stereocenters. The molecule has 0 amide bonds. The fraction of sp³-hybridized carbons (Fsp3) is 0.462. The predicted molar refractivity (Wildman–Crippen MR) is 75.0 cm³/mol. The molecule has 0 spiro atoms. The Kier molecular flexibility index (Phi) is 4.10. The predicted octanol–water partition coefficient (Wildman–Crippen LogP) is 2.08. The highest BCUT2D eigenvalue weighted by molar-refractivity contribution is 7.89. The van der Waals surface area contributed by atoms with Crippen molar-refractivity contribution in [2.45, 2.75) is 43.6 Å². The molecule has 10 heteroatoms. The summed E-state index contributed by atoms with van der Waals surface area (Å²) in [4.78, 5) is 11.6. The molecule has 128 valence electrons. The van der Waals surface area contributed by atoms with Crippen molar-refractivity contribution in [2.75, 3.05) is 5.32 Å². The number of esters is 1. The lowest BCUT2D eigenvalue weighted by molar-refractivity contribution is -0.156. The van der Waals surface area contributed by atoms with Crippen molar-refractivity contribution in [3.63, 3.8) is 0 Å². The number of hydrogen-bond acceptors (Lipinski definition) is 5. The minimum Gasteiger partial charge on any atom is -0.457 e. The highest BCUT2D eigenvalue weighted by atomic mass is 32.2. The van der Waals surface area contributed by atoms with E-state index in [0.29, 0.717) is 12.1 Å². The van der Waals surface area contributed by atoms with Crippen LogP contribution < -0.4 is 10.0 Å². The third-order valence-corrected chi connectivity index (χ3v) is 4.29. The summed E-state index contributed by atoms with van der Waals surface area (Å²) >= 11 is 0. The number of benzene rings is 1. The summed E-state index contributed by atoms with van der Waals surface area (Å²) in [7, 11) is -4.13. The Morgan fingerprint density at radius 3 is 2.35 bits per heavy atom. The Bertz CT molecular complexity index is 739. The van der Waals surface area contributed by atoms with Crippen LogP contribution in [0.25, 0.3) is 0 Å². The van der Waals surface area contributed by atoms with Gasteiger partial charge >= 0.3 is 12.1 Å². The van der Waals surface area contributed by atoms with Crippen LogP contribution in [-0.2, 0) is 25.7 Å². The van der Waals surface area contributed by atoms with Gasteiger partial charge in [0.1, 0.15) is 10.5 Å². The first kappa shape index (κ1) is 17.5. The van der Waals surface area contributed by atoms with Crippen molar-refractivity contribution in [2.24, 2.45) is 0 Å². The number of halogens is 3. The molecule has 0 saturated heterocycles. The average Bonchev–Trinajstić information content (AvgIpc) is 2.34. The molecule has 23 heavy (non-hydrogen) atoms. The van der Waals surface area contributed by atoms with Gasteiger partial charge in [-0.05, 0) is 39.0 Å². The van der Waals surface area contributed by atoms with Crippen LogP contribution in [0.15, 0.2) is 23.1 Å². The molecule has 0 aromatic heterocycles. The molecule has 1 unspecified atom stereocenters. The third-order valence-electron chi connectivity index (χ3n) is 2.81. The standard InChI is InChI=1S/C13H15F3N2O4S/c1-12(2,3)22-11(19)10-17-8-6-7(13(14,15)16)4-5-9(8)23(20,21)18-10/h4-6,10,17-18H,1-3H3. The summed E-state index contributed by atoms with van der Waals surface area (Å²) in [5.74, 6) is -0.941. The number of ether oxygens (including phenoxy) is 1. The van der Waals surface area contributed by atoms with Crippen molar-refractivity contribution in [3.8, 4) is 0 Å². The fourth-order valence-electron chi connectivity index (χ4n) is 1.92. The first-order chi connectivity index (χ1) is 10.3. The van der Waals surface area contributed by atoms with Gasteiger partial charge in [-0.1, -0.05) is 0 Å². The van der Waals surface area contributed by atoms with Crippen molar-refractivity contribution in [1.29, 1.82) is 0 Å². The van der Waals surface area contributed by atoms with Gasteiger partial charge in [0.15, 0.2) is 6.17 Å². The van der Waals surface area contributed by atoms with Gasteiger partial charge in [-0.2, -0.15) is 17.9 Å². The molecule has 0 bridgehead atoms. The van der Waals surface area contributed by atoms with Crippen LogP contribution in [-0.4, -0.2) is 26.2 Å². The Labute approximate surface area is 131 Å². The van der Waals surface area contributed by atoms with Crippen LogP contribution in [0.3, 0.4) is 0 Å². The topological polar surface area (TPSA) is 84.5 Å². The normalized spacial score (nSPS) is 20.3. The molecular formula is C13H15F3N2O4S. The van der Waals surface area contributed by atoms with Crippen LogP contribution in [0.4, 0.5) is 18.9 Å². The first-order valence-electron chi connectivity index (χ1n) is 6.52. The molecule has 1 aromatic rings. The zero-order valence-electron chi connectivity index (χ0n) is 12.5. The van der Waals surface area contributed by atoms with Gasteiger partial charge in [-0.15, -0.1) is 0 Å². The molecule has 0 saturated carbocycles. The summed E-state index contributed by atoms with van der Waals surface area (Å²) < 4.78 is 69.4. The van der Waals surface area contributed by atoms with Crippen LogP contribution >= 0.6 is 0 Å². The van der Waals surface area contributed by atoms with E-state index in [1.165, 1.54) is 0 Å². The van der Waals surface area contributed by atoms with Crippen molar-refractivity contribution in [1.82, 2.24) is 4.72 Å². The molecule has 0 fully saturated rings. The van der Waals surface area contributed by atoms with E-state index < -0.39 is 39.5 Å². The zero-order valence-corrected chi connectivity index (χ0v) is 13.3. The molecule has 1 aromatic carbocycles. The number of fused-ring (bicyclic) bond motifs is 1. The van der Waals surface area contributed by atoms with E-state index in [2.05, 4.69) is 5.32 Å². The maximum Gasteiger partial charge on any atom is 0.416 e. The number of hydrogen-bond donors (Lipinski definition) is 2. The van der Waals surface area contributed by atoms with E-state index in [4.69, 9.17) is 4.74 Å². The number of rotatable bonds is 1. The lowest BCUT2D eigenvalue weighted by Gasteiger charge is -2.29. The van der Waals surface area contributed by atoms with Crippen LogP contribution in [0.5, 0.6) is 0 Å². The number of carbonyl (C=O) groups excluding carboxylic acids is 1. The Hall–Kier alpha value is -1.81. The van der Waals surface area contributed by atoms with Gasteiger partial charge in [-0.25, -0.2) is 13.2 Å². The van der Waals surface area contributed by atoms with Crippen LogP contribution in [0.1, 0.15) is 26.3 Å². The Morgan fingerprint density at radius 2 is 1.83 bits per heavy atom. The lowest BCUT2D eigenvalue weighted by atomic mass is 10.2. The molecule has 2 rings (SSSR count). The second-order valence-electron chi connectivity index (χ2n) is 5.94. The van der Waals surface area contributed by atoms with E-state index in [1.54, 1.807) is 20.8 Å². The van der Waals surface area contributed by atoms with Gasteiger partial charge < -0.3 is 10.1 Å². The molecule has 1 aliphatic rings. The molecular weight excluding hydrogens is 337 g/mol. The minimum absolute atomic E-state index is 0.311. The molecule has 0 aliphatic carbocycles. The Balaban J connectivity index is 2.39. The van der Waals surface area contributed by atoms with Gasteiger partial charge in [0, 0.05) is 0 Å². The van der Waals surface area contributed by atoms with Crippen molar-refractivity contribution < 1.29 is 31.1 Å². The SMILES string of the molecule is CC(C)(C)OC(=O)C1Nc2cc(C(F)(F)F)ccc2S(=O)(=O)N1. The van der Waals surface area contributed by atoms with Gasteiger partial charge in [0.05, 0.1) is 11.3 Å². The zero-order chi connectivity index (χ0) is 17.6. The highest BCUT2D eigenvalue weighted by Gasteiger charge is 2.38. The number of nitrogens with one attached hydrogen (secondary N) is 2. The maximum absolute atomic E-state index is 12.7. The largest absolute Gasteiger partial charge is 0.457 e. The van der Waals surface area contributed by atoms with E-state index >= 15 is 0 Å². The monoisotopic (exact) mass is 352 g/mol. The van der Waals surface area contributed by atoms with E-state index in [-0.39, 0.29) is 10.6 Å². The second-order valence-corrected chi connectivity index (χ2v) is 7.62. The van der Waals surface area contributed by atoms with Gasteiger partial charge in [0.2, 0.25) is 10.0 Å². The van der Waals surface area contributed by atoms with Gasteiger partial charge in [0.25, 0.3) is 0 Å². The molecule has 1 heterocycles. The minimum atomic E-state index is -4.63. The number of sulfonamides is 1. The molecule has 2 N–H and O–H groups in total. The number of anilines is 1. The summed E-state index contributed by atoms with van der Waals surface area (Å²) in [6, 6.07) is 2.14. The first-order valence-corrected chi connectivity index (χ1v) is 8.01. The average molecular weight is 352 g/mol. The summed E-state index contributed by atoms with van der Waals surface area (Å²) in [6.45, 7) is 4.74. The molecule has 1 aliphatic heterocycles. The second kappa shape index (κ2) is 5.38. The number of alkyl halides is 3. The van der Waals surface area contributed by atoms with E-state index in [0.717, 1.165) is 6.07 Å². The highest BCUT2D eigenvalue weighted by Crippen LogP contribution is 2.35. The third kappa shape index (κ3) is 3.94. The molecule has 6 nitrogen and oxygen atoms in total. The maximum atomic E-state index is 12.7. The summed E-state index contributed by atoms with van der Waals surface area (Å²) in [6.07, 6.45) is -6.14. The van der Waals surface area contributed by atoms with Crippen molar-refractivity contribution >= 4 is 21.7 Å². The molecule has 0 radical (unpaired) electrons. The summed E-state index contributed by atoms with van der Waals surface area (Å²) in [5, 5.41) is 2.42.